The van der Waals surface area contributed by atoms with Crippen LogP contribution in [0.4, 0.5) is 0 Å². The Morgan fingerprint density at radius 3 is 1.71 bits per heavy atom. The van der Waals surface area contributed by atoms with E-state index < -0.39 is 0 Å². The van der Waals surface area contributed by atoms with Crippen molar-refractivity contribution in [1.82, 2.24) is 9.38 Å². The monoisotopic (exact) mass is 522 g/mol. The quantitative estimate of drug-likeness (QED) is 0.212. The highest BCUT2D eigenvalue weighted by Gasteiger charge is 2.21. The molecule has 41 heavy (non-hydrogen) atoms. The number of nitrogens with zero attached hydrogens (tertiary/aromatic N) is 2. The molecule has 0 unspecified atom stereocenters. The maximum absolute atomic E-state index is 14.2. The molecule has 0 aliphatic heterocycles. The second kappa shape index (κ2) is 8.23. The van der Waals surface area contributed by atoms with Gasteiger partial charge in [0, 0.05) is 16.3 Å². The van der Waals surface area contributed by atoms with Crippen LogP contribution in [0.2, 0.25) is 0 Å². The van der Waals surface area contributed by atoms with E-state index in [9.17, 15) is 4.79 Å². The fourth-order valence-electron chi connectivity index (χ4n) is 6.74. The molecule has 0 amide bonds. The molecule has 3 heteroatoms. The van der Waals surface area contributed by atoms with Crippen molar-refractivity contribution < 1.29 is 0 Å². The van der Waals surface area contributed by atoms with E-state index in [1.807, 2.05) is 34.7 Å². The number of pyridine rings is 1. The largest absolute Gasteiger partial charge is 0.268 e. The topological polar surface area (TPSA) is 34.4 Å². The average molecular weight is 523 g/mol. The van der Waals surface area contributed by atoms with Gasteiger partial charge in [0.1, 0.15) is 5.82 Å². The second-order valence-corrected chi connectivity index (χ2v) is 10.7. The molecule has 0 fully saturated rings. The third-order valence-electron chi connectivity index (χ3n) is 8.54. The van der Waals surface area contributed by atoms with Gasteiger partial charge in [-0.1, -0.05) is 115 Å². The highest BCUT2D eigenvalue weighted by molar-refractivity contribution is 6.26. The molecule has 0 saturated heterocycles. The van der Waals surface area contributed by atoms with E-state index in [-0.39, 0.29) is 5.56 Å². The molecule has 0 spiro atoms. The first-order valence-corrected chi connectivity index (χ1v) is 13.9. The molecular formula is C38H22N2O. The summed E-state index contributed by atoms with van der Waals surface area (Å²) in [4.78, 5) is 19.3. The Morgan fingerprint density at radius 1 is 0.463 bits per heavy atom. The van der Waals surface area contributed by atoms with E-state index in [1.165, 1.54) is 26.9 Å². The van der Waals surface area contributed by atoms with E-state index in [0.717, 1.165) is 43.9 Å². The first-order valence-electron chi connectivity index (χ1n) is 13.9. The lowest BCUT2D eigenvalue weighted by atomic mass is 9.93. The van der Waals surface area contributed by atoms with Crippen molar-refractivity contribution in [3.63, 3.8) is 0 Å². The number of aromatic nitrogens is 2. The number of imidazole rings is 1. The van der Waals surface area contributed by atoms with Crippen molar-refractivity contribution in [3.05, 3.63) is 144 Å². The molecule has 0 saturated carbocycles. The molecule has 0 N–H and O–H groups in total. The molecular weight excluding hydrogens is 500 g/mol. The summed E-state index contributed by atoms with van der Waals surface area (Å²) in [6.07, 6.45) is 0. The summed E-state index contributed by atoms with van der Waals surface area (Å²) in [6, 6.07) is 46.1. The Balaban J connectivity index is 1.43. The summed E-state index contributed by atoms with van der Waals surface area (Å²) in [6.45, 7) is 0. The number of hydrogen-bond acceptors (Lipinski definition) is 2. The van der Waals surface area contributed by atoms with Crippen molar-refractivity contribution in [2.24, 2.45) is 0 Å². The number of hydrogen-bond donors (Lipinski definition) is 0. The van der Waals surface area contributed by atoms with E-state index in [2.05, 4.69) is 103 Å². The Morgan fingerprint density at radius 2 is 1.02 bits per heavy atom. The number of benzene rings is 7. The van der Waals surface area contributed by atoms with Crippen LogP contribution in [0.5, 0.6) is 0 Å². The number of fused-ring (bicyclic) bond motifs is 8. The molecule has 0 bridgehead atoms. The third kappa shape index (κ3) is 3.03. The SMILES string of the molecule is O=c1c2ccccc2c2c(-c3ccccc3)ccc3nc(-c4ccc5c6ccccc6c6ccccc6c5c4)n1c32. The summed E-state index contributed by atoms with van der Waals surface area (Å²) in [7, 11) is 0. The zero-order chi connectivity index (χ0) is 27.1. The summed E-state index contributed by atoms with van der Waals surface area (Å²) in [5.74, 6) is 0.671. The molecule has 3 nitrogen and oxygen atoms in total. The van der Waals surface area contributed by atoms with Crippen molar-refractivity contribution in [2.75, 3.05) is 0 Å². The lowest BCUT2D eigenvalue weighted by Crippen LogP contribution is -2.14. The first kappa shape index (κ1) is 22.3. The Hall–Kier alpha value is -5.54. The van der Waals surface area contributed by atoms with Gasteiger partial charge in [0.05, 0.1) is 11.0 Å². The zero-order valence-electron chi connectivity index (χ0n) is 22.0. The molecule has 2 aromatic heterocycles. The maximum atomic E-state index is 14.2. The van der Waals surface area contributed by atoms with E-state index in [0.29, 0.717) is 11.2 Å². The number of rotatable bonds is 2. The van der Waals surface area contributed by atoms with Gasteiger partial charge in [0.2, 0.25) is 0 Å². The molecule has 9 aromatic rings. The van der Waals surface area contributed by atoms with Crippen LogP contribution in [0.25, 0.3) is 82.0 Å². The van der Waals surface area contributed by atoms with Gasteiger partial charge in [-0.25, -0.2) is 4.98 Å². The van der Waals surface area contributed by atoms with E-state index in [1.54, 1.807) is 0 Å². The van der Waals surface area contributed by atoms with Crippen LogP contribution in [0, 0.1) is 0 Å². The standard InChI is InChI=1S/C38H22N2O/c41-38-32-17-9-8-16-31(32)35-25(23-10-2-1-3-11-23)20-21-34-36(35)40(38)37(39-34)24-18-19-30-28-14-5-4-12-26(28)27-13-6-7-15-29(27)33(30)22-24/h1-22H. The van der Waals surface area contributed by atoms with Crippen molar-refractivity contribution in [1.29, 1.82) is 0 Å². The minimum atomic E-state index is -0.0423. The summed E-state index contributed by atoms with van der Waals surface area (Å²) in [5, 5.41) is 9.95. The normalized spacial score (nSPS) is 12.0. The van der Waals surface area contributed by atoms with Crippen LogP contribution in [-0.4, -0.2) is 9.38 Å². The van der Waals surface area contributed by atoms with Gasteiger partial charge in [-0.2, -0.15) is 0 Å². The van der Waals surface area contributed by atoms with Crippen LogP contribution in [0.15, 0.2) is 138 Å². The van der Waals surface area contributed by atoms with Crippen LogP contribution < -0.4 is 5.56 Å². The highest BCUT2D eigenvalue weighted by Crippen LogP contribution is 2.40. The van der Waals surface area contributed by atoms with Gasteiger partial charge < -0.3 is 0 Å². The lowest BCUT2D eigenvalue weighted by Gasteiger charge is -2.13. The zero-order valence-corrected chi connectivity index (χ0v) is 22.0. The molecule has 0 aliphatic rings. The maximum Gasteiger partial charge on any atom is 0.264 e. The molecule has 9 rings (SSSR count). The average Bonchev–Trinajstić information content (AvgIpc) is 3.44. The molecule has 0 aliphatic carbocycles. The predicted octanol–water partition coefficient (Wildman–Crippen LogP) is 9.23. The summed E-state index contributed by atoms with van der Waals surface area (Å²) >= 11 is 0. The molecule has 0 atom stereocenters. The van der Waals surface area contributed by atoms with Crippen molar-refractivity contribution in [2.45, 2.75) is 0 Å². The van der Waals surface area contributed by atoms with Gasteiger partial charge in [0.25, 0.3) is 5.56 Å². The third-order valence-corrected chi connectivity index (χ3v) is 8.54. The van der Waals surface area contributed by atoms with Crippen molar-refractivity contribution in [3.8, 4) is 22.5 Å². The van der Waals surface area contributed by atoms with Crippen molar-refractivity contribution >= 4 is 59.5 Å². The van der Waals surface area contributed by atoms with Gasteiger partial charge in [-0.05, 0) is 67.0 Å². The summed E-state index contributed by atoms with van der Waals surface area (Å²) < 4.78 is 1.84. The van der Waals surface area contributed by atoms with Gasteiger partial charge >= 0.3 is 0 Å². The fourth-order valence-corrected chi connectivity index (χ4v) is 6.74. The molecule has 2 heterocycles. The van der Waals surface area contributed by atoms with Crippen LogP contribution in [0.1, 0.15) is 0 Å². The fraction of sp³-hybridized carbons (Fsp3) is 0. The lowest BCUT2D eigenvalue weighted by molar-refractivity contribution is 1.13. The van der Waals surface area contributed by atoms with Gasteiger partial charge in [0.15, 0.2) is 0 Å². The first-order chi connectivity index (χ1) is 20.3. The van der Waals surface area contributed by atoms with Gasteiger partial charge in [-0.3, -0.25) is 9.20 Å². The molecule has 7 aromatic carbocycles. The van der Waals surface area contributed by atoms with E-state index in [4.69, 9.17) is 4.98 Å². The van der Waals surface area contributed by atoms with E-state index >= 15 is 0 Å². The molecule has 190 valence electrons. The minimum Gasteiger partial charge on any atom is -0.268 e. The smallest absolute Gasteiger partial charge is 0.264 e. The highest BCUT2D eigenvalue weighted by atomic mass is 16.1. The van der Waals surface area contributed by atoms with Crippen LogP contribution >= 0.6 is 0 Å². The Kier molecular flexibility index (Phi) is 4.48. The van der Waals surface area contributed by atoms with Crippen LogP contribution in [-0.2, 0) is 0 Å². The predicted molar refractivity (Wildman–Crippen MR) is 171 cm³/mol. The summed E-state index contributed by atoms with van der Waals surface area (Å²) in [5.41, 5.74) is 4.79. The second-order valence-electron chi connectivity index (χ2n) is 10.7. The minimum absolute atomic E-state index is 0.0423. The Labute approximate surface area is 234 Å². The molecule has 0 radical (unpaired) electrons. The van der Waals surface area contributed by atoms with Gasteiger partial charge in [-0.15, -0.1) is 0 Å². The Bertz CT molecular complexity index is 2510. The van der Waals surface area contributed by atoms with Crippen LogP contribution in [0.3, 0.4) is 0 Å².